The average molecular weight is 393 g/mol. The Morgan fingerprint density at radius 3 is 2.62 bits per heavy atom. The first-order valence-electron chi connectivity index (χ1n) is 9.64. The fraction of sp³-hybridized carbons (Fsp3) is 0.333. The average Bonchev–Trinajstić information content (AvgIpc) is 2.78. The number of ether oxygens (including phenoxy) is 1. The van der Waals surface area contributed by atoms with E-state index in [9.17, 15) is 9.59 Å². The number of benzene rings is 1. The molecule has 1 fully saturated rings. The number of hydrogen-bond donors (Lipinski definition) is 1. The fourth-order valence-corrected chi connectivity index (χ4v) is 3.55. The van der Waals surface area contributed by atoms with E-state index in [1.807, 2.05) is 29.2 Å². The van der Waals surface area contributed by atoms with Gasteiger partial charge in [-0.3, -0.25) is 9.59 Å². The number of anilines is 1. The third kappa shape index (κ3) is 4.21. The maximum Gasteiger partial charge on any atom is 0.251 e. The molecule has 0 bridgehead atoms. The first-order chi connectivity index (χ1) is 14.1. The van der Waals surface area contributed by atoms with Gasteiger partial charge in [-0.1, -0.05) is 0 Å². The number of nitrogens with zero attached hydrogens (tertiary/aromatic N) is 4. The van der Waals surface area contributed by atoms with Crippen molar-refractivity contribution in [2.45, 2.75) is 12.8 Å². The molecule has 1 N–H and O–H groups in total. The molecule has 0 radical (unpaired) electrons. The Bertz CT molecular complexity index is 1060. The number of amides is 1. The molecule has 3 aromatic rings. The molecule has 150 valence electrons. The third-order valence-corrected chi connectivity index (χ3v) is 5.20. The van der Waals surface area contributed by atoms with Gasteiger partial charge >= 0.3 is 0 Å². The van der Waals surface area contributed by atoms with Gasteiger partial charge in [0.05, 0.1) is 7.11 Å². The van der Waals surface area contributed by atoms with E-state index in [-0.39, 0.29) is 11.5 Å². The van der Waals surface area contributed by atoms with Gasteiger partial charge in [-0.25, -0.2) is 9.97 Å². The van der Waals surface area contributed by atoms with Crippen molar-refractivity contribution in [3.8, 4) is 5.75 Å². The molecule has 3 heterocycles. The van der Waals surface area contributed by atoms with Crippen LogP contribution in [0.1, 0.15) is 12.0 Å². The molecule has 8 heteroatoms. The van der Waals surface area contributed by atoms with Crippen molar-refractivity contribution in [2.75, 3.05) is 38.2 Å². The van der Waals surface area contributed by atoms with Gasteiger partial charge in [0.25, 0.3) is 5.56 Å². The lowest BCUT2D eigenvalue weighted by atomic mass is 10.1. The number of aromatic amines is 1. The van der Waals surface area contributed by atoms with Gasteiger partial charge in [0, 0.05) is 61.5 Å². The summed E-state index contributed by atoms with van der Waals surface area (Å²) >= 11 is 0. The highest BCUT2D eigenvalue weighted by Crippen LogP contribution is 2.19. The second-order valence-corrected chi connectivity index (χ2v) is 6.99. The highest BCUT2D eigenvalue weighted by molar-refractivity contribution is 5.81. The van der Waals surface area contributed by atoms with Gasteiger partial charge in [0.1, 0.15) is 5.75 Å². The number of methoxy groups -OCH3 is 1. The lowest BCUT2D eigenvalue weighted by molar-refractivity contribution is -0.131. The normalized spacial score (nSPS) is 14.2. The van der Waals surface area contributed by atoms with Crippen LogP contribution in [0.5, 0.6) is 5.75 Å². The Morgan fingerprint density at radius 2 is 1.90 bits per heavy atom. The van der Waals surface area contributed by atoms with Crippen molar-refractivity contribution in [3.63, 3.8) is 0 Å². The second-order valence-electron chi connectivity index (χ2n) is 6.99. The van der Waals surface area contributed by atoms with Crippen LogP contribution in [0.25, 0.3) is 10.9 Å². The van der Waals surface area contributed by atoms with Crippen LogP contribution in [0.3, 0.4) is 0 Å². The Hall–Kier alpha value is -3.42. The molecular weight excluding hydrogens is 370 g/mol. The summed E-state index contributed by atoms with van der Waals surface area (Å²) in [4.78, 5) is 40.3. The van der Waals surface area contributed by atoms with Crippen molar-refractivity contribution >= 4 is 22.8 Å². The van der Waals surface area contributed by atoms with Crippen molar-refractivity contribution in [2.24, 2.45) is 0 Å². The Labute approximate surface area is 168 Å². The van der Waals surface area contributed by atoms with Crippen LogP contribution < -0.4 is 15.2 Å². The number of H-pyrrole nitrogens is 1. The molecule has 1 saturated heterocycles. The molecule has 0 spiro atoms. The Balaban J connectivity index is 1.37. The maximum absolute atomic E-state index is 12.6. The first-order valence-corrected chi connectivity index (χ1v) is 9.64. The summed E-state index contributed by atoms with van der Waals surface area (Å²) in [5.74, 6) is 1.48. The van der Waals surface area contributed by atoms with Crippen molar-refractivity contribution in [1.82, 2.24) is 19.9 Å². The summed E-state index contributed by atoms with van der Waals surface area (Å²) in [5.41, 5.74) is 1.21. The van der Waals surface area contributed by atoms with E-state index in [1.165, 1.54) is 0 Å². The molecule has 8 nitrogen and oxygen atoms in total. The molecule has 4 rings (SSSR count). The zero-order valence-electron chi connectivity index (χ0n) is 16.3. The standard InChI is InChI=1S/C21H23N5O3/c1-29-17-4-5-18-16(14-17)13-15(20(28)24-18)3-6-19(27)25-9-11-26(12-10-25)21-22-7-2-8-23-21/h2,4-5,7-8,13-14H,3,6,9-12H2,1H3,(H,24,28). The largest absolute Gasteiger partial charge is 0.497 e. The minimum absolute atomic E-state index is 0.0590. The summed E-state index contributed by atoms with van der Waals surface area (Å²) < 4.78 is 5.24. The monoisotopic (exact) mass is 393 g/mol. The number of hydrogen-bond acceptors (Lipinski definition) is 6. The molecule has 1 amide bonds. The molecule has 0 atom stereocenters. The molecular formula is C21H23N5O3. The molecule has 2 aromatic heterocycles. The zero-order chi connectivity index (χ0) is 20.2. The molecule has 0 aliphatic carbocycles. The molecule has 0 unspecified atom stereocenters. The van der Waals surface area contributed by atoms with Crippen LogP contribution in [0.2, 0.25) is 0 Å². The van der Waals surface area contributed by atoms with E-state index >= 15 is 0 Å². The topological polar surface area (TPSA) is 91.4 Å². The van der Waals surface area contributed by atoms with E-state index in [2.05, 4.69) is 19.9 Å². The summed E-state index contributed by atoms with van der Waals surface area (Å²) in [5, 5.41) is 0.892. The number of carbonyl (C=O) groups is 1. The van der Waals surface area contributed by atoms with Crippen LogP contribution in [-0.2, 0) is 11.2 Å². The maximum atomic E-state index is 12.6. The summed E-state index contributed by atoms with van der Waals surface area (Å²) in [6, 6.07) is 9.13. The van der Waals surface area contributed by atoms with Crippen LogP contribution in [0.15, 0.2) is 47.5 Å². The van der Waals surface area contributed by atoms with E-state index in [0.29, 0.717) is 50.5 Å². The van der Waals surface area contributed by atoms with Gasteiger partial charge < -0.3 is 19.5 Å². The van der Waals surface area contributed by atoms with Crippen LogP contribution in [-0.4, -0.2) is 59.0 Å². The molecule has 29 heavy (non-hydrogen) atoms. The first kappa shape index (κ1) is 18.9. The van der Waals surface area contributed by atoms with Gasteiger partial charge in [-0.05, 0) is 36.8 Å². The smallest absolute Gasteiger partial charge is 0.251 e. The van der Waals surface area contributed by atoms with Crippen LogP contribution >= 0.6 is 0 Å². The number of nitrogens with one attached hydrogen (secondary N) is 1. The Morgan fingerprint density at radius 1 is 1.14 bits per heavy atom. The molecule has 0 saturated carbocycles. The zero-order valence-corrected chi connectivity index (χ0v) is 16.3. The van der Waals surface area contributed by atoms with E-state index in [4.69, 9.17) is 4.74 Å². The van der Waals surface area contributed by atoms with Crippen LogP contribution in [0.4, 0.5) is 5.95 Å². The van der Waals surface area contributed by atoms with Gasteiger partial charge in [-0.15, -0.1) is 0 Å². The third-order valence-electron chi connectivity index (χ3n) is 5.20. The lowest BCUT2D eigenvalue weighted by Crippen LogP contribution is -2.49. The van der Waals surface area contributed by atoms with Crippen LogP contribution in [0, 0.1) is 0 Å². The number of carbonyl (C=O) groups excluding carboxylic acids is 1. The second kappa shape index (κ2) is 8.30. The summed E-state index contributed by atoms with van der Waals surface area (Å²) in [6.07, 6.45) is 4.15. The van der Waals surface area contributed by atoms with Crippen molar-refractivity contribution < 1.29 is 9.53 Å². The summed E-state index contributed by atoms with van der Waals surface area (Å²) in [7, 11) is 1.61. The van der Waals surface area contributed by atoms with Crippen molar-refractivity contribution in [1.29, 1.82) is 0 Å². The van der Waals surface area contributed by atoms with E-state index < -0.39 is 0 Å². The number of aromatic nitrogens is 3. The highest BCUT2D eigenvalue weighted by atomic mass is 16.5. The van der Waals surface area contributed by atoms with Gasteiger partial charge in [0.15, 0.2) is 0 Å². The van der Waals surface area contributed by atoms with E-state index in [1.54, 1.807) is 25.6 Å². The predicted molar refractivity (Wildman–Crippen MR) is 110 cm³/mol. The quantitative estimate of drug-likeness (QED) is 0.708. The van der Waals surface area contributed by atoms with E-state index in [0.717, 1.165) is 16.7 Å². The number of aryl methyl sites for hydroxylation is 1. The minimum Gasteiger partial charge on any atom is -0.497 e. The number of rotatable bonds is 5. The SMILES string of the molecule is COc1ccc2[nH]c(=O)c(CCC(=O)N3CCN(c4ncccn4)CC3)cc2c1. The molecule has 1 aliphatic rings. The molecule has 1 aromatic carbocycles. The highest BCUT2D eigenvalue weighted by Gasteiger charge is 2.22. The van der Waals surface area contributed by atoms with Gasteiger partial charge in [0.2, 0.25) is 11.9 Å². The lowest BCUT2D eigenvalue weighted by Gasteiger charge is -2.34. The fourth-order valence-electron chi connectivity index (χ4n) is 3.55. The minimum atomic E-state index is -0.151. The van der Waals surface area contributed by atoms with Crippen molar-refractivity contribution in [3.05, 3.63) is 58.6 Å². The Kier molecular flexibility index (Phi) is 5.41. The van der Waals surface area contributed by atoms with Gasteiger partial charge in [-0.2, -0.15) is 0 Å². The predicted octanol–water partition coefficient (Wildman–Crippen LogP) is 1.61. The molecule has 1 aliphatic heterocycles. The summed E-state index contributed by atoms with van der Waals surface area (Å²) in [6.45, 7) is 2.66. The number of piperazine rings is 1. The number of fused-ring (bicyclic) bond motifs is 1. The number of pyridine rings is 1.